The number of nitrogens with zero attached hydrogens (tertiary/aromatic N) is 2. The van der Waals surface area contributed by atoms with Gasteiger partial charge in [-0.05, 0) is 31.2 Å². The molecule has 122 valence electrons. The number of carbonyl (C=O) groups excluding carboxylic acids is 1. The average Bonchev–Trinajstić information content (AvgIpc) is 2.98. The highest BCUT2D eigenvalue weighted by Crippen LogP contribution is 2.25. The fourth-order valence-electron chi connectivity index (χ4n) is 2.66. The molecule has 3 nitrogen and oxygen atoms in total. The van der Waals surface area contributed by atoms with E-state index in [1.54, 1.807) is 11.0 Å². The highest BCUT2D eigenvalue weighted by Gasteiger charge is 2.19. The van der Waals surface area contributed by atoms with Crippen LogP contribution in [0.25, 0.3) is 10.9 Å². The van der Waals surface area contributed by atoms with Crippen molar-refractivity contribution in [3.63, 3.8) is 0 Å². The Hall–Kier alpha value is -2.17. The number of aromatic nitrogens is 1. The molecule has 1 amide bonds. The molecule has 0 bridgehead atoms. The van der Waals surface area contributed by atoms with Gasteiger partial charge in [-0.1, -0.05) is 35.9 Å². The van der Waals surface area contributed by atoms with E-state index in [1.165, 1.54) is 11.3 Å². The fourth-order valence-corrected chi connectivity index (χ4v) is 3.76. The van der Waals surface area contributed by atoms with Crippen molar-refractivity contribution in [3.8, 4) is 0 Å². The van der Waals surface area contributed by atoms with E-state index in [2.05, 4.69) is 11.6 Å². The number of hydrogen-bond acceptors (Lipinski definition) is 3. The van der Waals surface area contributed by atoms with Crippen molar-refractivity contribution in [1.29, 1.82) is 0 Å². The molecule has 0 N–H and O–H groups in total. The van der Waals surface area contributed by atoms with Crippen LogP contribution in [-0.4, -0.2) is 22.3 Å². The maximum Gasteiger partial charge on any atom is 0.255 e. The van der Waals surface area contributed by atoms with Crippen LogP contribution in [0.1, 0.15) is 20.9 Å². The summed E-state index contributed by atoms with van der Waals surface area (Å²) < 4.78 is 0.723. The predicted octanol–water partition coefficient (Wildman–Crippen LogP) is 5.09. The molecule has 24 heavy (non-hydrogen) atoms. The number of amides is 1. The first-order valence-electron chi connectivity index (χ1n) is 7.59. The van der Waals surface area contributed by atoms with E-state index < -0.39 is 0 Å². The topological polar surface area (TPSA) is 33.2 Å². The minimum atomic E-state index is -0.0267. The SMILES string of the molecule is C=CCN(Cc1ccc(Cl)s1)C(=O)c1cc(C)nc2ccccc12. The van der Waals surface area contributed by atoms with Crippen LogP contribution in [0, 0.1) is 6.92 Å². The van der Waals surface area contributed by atoms with Crippen LogP contribution in [-0.2, 0) is 6.54 Å². The van der Waals surface area contributed by atoms with Gasteiger partial charge in [0.1, 0.15) is 0 Å². The Labute approximate surface area is 150 Å². The van der Waals surface area contributed by atoms with E-state index in [4.69, 9.17) is 11.6 Å². The van der Waals surface area contributed by atoms with Crippen LogP contribution in [0.4, 0.5) is 0 Å². The van der Waals surface area contributed by atoms with Gasteiger partial charge in [0.05, 0.1) is 22.0 Å². The molecule has 0 aliphatic rings. The normalized spacial score (nSPS) is 10.8. The summed E-state index contributed by atoms with van der Waals surface area (Å²) in [7, 11) is 0. The summed E-state index contributed by atoms with van der Waals surface area (Å²) in [5.74, 6) is -0.0267. The number of pyridine rings is 1. The van der Waals surface area contributed by atoms with Gasteiger partial charge in [0.2, 0.25) is 0 Å². The molecule has 0 saturated carbocycles. The number of thiophene rings is 1. The number of aryl methyl sites for hydroxylation is 1. The third-order valence-electron chi connectivity index (χ3n) is 3.69. The molecule has 0 aliphatic carbocycles. The molecule has 0 radical (unpaired) electrons. The monoisotopic (exact) mass is 356 g/mol. The van der Waals surface area contributed by atoms with E-state index in [9.17, 15) is 4.79 Å². The summed E-state index contributed by atoms with van der Waals surface area (Å²) in [5, 5.41) is 0.867. The van der Waals surface area contributed by atoms with Gasteiger partial charge < -0.3 is 4.90 Å². The number of halogens is 1. The van der Waals surface area contributed by atoms with E-state index in [0.717, 1.165) is 25.8 Å². The molecule has 0 fully saturated rings. The lowest BCUT2D eigenvalue weighted by Gasteiger charge is -2.21. The van der Waals surface area contributed by atoms with Gasteiger partial charge in [-0.15, -0.1) is 17.9 Å². The van der Waals surface area contributed by atoms with Crippen molar-refractivity contribution in [2.75, 3.05) is 6.54 Å². The van der Waals surface area contributed by atoms with Gasteiger partial charge in [-0.25, -0.2) is 0 Å². The van der Waals surface area contributed by atoms with Gasteiger partial charge in [0.25, 0.3) is 5.91 Å². The molecule has 5 heteroatoms. The van der Waals surface area contributed by atoms with Crippen molar-refractivity contribution in [2.24, 2.45) is 0 Å². The molecule has 0 spiro atoms. The van der Waals surface area contributed by atoms with Crippen LogP contribution in [0.3, 0.4) is 0 Å². The Morgan fingerprint density at radius 1 is 1.33 bits per heavy atom. The molecule has 0 aliphatic heterocycles. The van der Waals surface area contributed by atoms with E-state index in [-0.39, 0.29) is 5.91 Å². The molecule has 2 aromatic heterocycles. The smallest absolute Gasteiger partial charge is 0.255 e. The van der Waals surface area contributed by atoms with Crippen molar-refractivity contribution in [1.82, 2.24) is 9.88 Å². The average molecular weight is 357 g/mol. The van der Waals surface area contributed by atoms with Crippen LogP contribution < -0.4 is 0 Å². The summed E-state index contributed by atoms with van der Waals surface area (Å²) in [6, 6.07) is 13.4. The summed E-state index contributed by atoms with van der Waals surface area (Å²) in [6.45, 7) is 6.67. The largest absolute Gasteiger partial charge is 0.330 e. The lowest BCUT2D eigenvalue weighted by molar-refractivity contribution is 0.0766. The minimum absolute atomic E-state index is 0.0267. The second kappa shape index (κ2) is 7.16. The van der Waals surface area contributed by atoms with Crippen molar-refractivity contribution in [3.05, 3.63) is 75.6 Å². The number of benzene rings is 1. The maximum atomic E-state index is 13.1. The molecule has 0 saturated heterocycles. The summed E-state index contributed by atoms with van der Waals surface area (Å²) in [4.78, 5) is 20.5. The quantitative estimate of drug-likeness (QED) is 0.597. The minimum Gasteiger partial charge on any atom is -0.330 e. The third kappa shape index (κ3) is 3.50. The first-order valence-corrected chi connectivity index (χ1v) is 8.78. The summed E-state index contributed by atoms with van der Waals surface area (Å²) >= 11 is 7.49. The Morgan fingerprint density at radius 2 is 2.12 bits per heavy atom. The van der Waals surface area contributed by atoms with Gasteiger partial charge >= 0.3 is 0 Å². The van der Waals surface area contributed by atoms with Crippen LogP contribution in [0.2, 0.25) is 4.34 Å². The van der Waals surface area contributed by atoms with Crippen molar-refractivity contribution < 1.29 is 4.79 Å². The maximum absolute atomic E-state index is 13.1. The van der Waals surface area contributed by atoms with E-state index in [0.29, 0.717) is 18.7 Å². The second-order valence-corrected chi connectivity index (χ2v) is 7.31. The standard InChI is InChI=1S/C19H17ClN2OS/c1-3-10-22(12-14-8-9-18(20)24-14)19(23)16-11-13(2)21-17-7-5-4-6-15(16)17/h3-9,11H,1,10,12H2,2H3. The predicted molar refractivity (Wildman–Crippen MR) is 101 cm³/mol. The summed E-state index contributed by atoms with van der Waals surface area (Å²) in [5.41, 5.74) is 2.33. The van der Waals surface area contributed by atoms with Crippen molar-refractivity contribution in [2.45, 2.75) is 13.5 Å². The number of hydrogen-bond donors (Lipinski definition) is 0. The number of rotatable bonds is 5. The zero-order valence-corrected chi connectivity index (χ0v) is 14.9. The molecule has 2 heterocycles. The Kier molecular flexibility index (Phi) is 4.97. The molecule has 0 atom stereocenters. The van der Waals surface area contributed by atoms with Crippen LogP contribution in [0.5, 0.6) is 0 Å². The van der Waals surface area contributed by atoms with Gasteiger partial charge in [0, 0.05) is 22.5 Å². The second-order valence-electron chi connectivity index (χ2n) is 5.51. The number of fused-ring (bicyclic) bond motifs is 1. The highest BCUT2D eigenvalue weighted by atomic mass is 35.5. The Balaban J connectivity index is 1.99. The molecule has 0 unspecified atom stereocenters. The molecular formula is C19H17ClN2OS. The Morgan fingerprint density at radius 3 is 2.83 bits per heavy atom. The lowest BCUT2D eigenvalue weighted by atomic mass is 10.1. The first-order chi connectivity index (χ1) is 11.6. The Bertz CT molecular complexity index is 903. The van der Waals surface area contributed by atoms with Crippen LogP contribution in [0.15, 0.2) is 55.1 Å². The first kappa shape index (κ1) is 16.7. The fraction of sp³-hybridized carbons (Fsp3) is 0.158. The summed E-state index contributed by atoms with van der Waals surface area (Å²) in [6.07, 6.45) is 1.74. The third-order valence-corrected chi connectivity index (χ3v) is 4.90. The van der Waals surface area contributed by atoms with Gasteiger partial charge in [-0.3, -0.25) is 9.78 Å². The van der Waals surface area contributed by atoms with Crippen LogP contribution >= 0.6 is 22.9 Å². The van der Waals surface area contributed by atoms with E-state index >= 15 is 0 Å². The number of carbonyl (C=O) groups is 1. The molecule has 3 aromatic rings. The van der Waals surface area contributed by atoms with Gasteiger partial charge in [0.15, 0.2) is 0 Å². The zero-order valence-electron chi connectivity index (χ0n) is 13.3. The van der Waals surface area contributed by atoms with E-state index in [1.807, 2.05) is 49.4 Å². The highest BCUT2D eigenvalue weighted by molar-refractivity contribution is 7.16. The number of para-hydroxylation sites is 1. The lowest BCUT2D eigenvalue weighted by Crippen LogP contribution is -2.30. The molecule has 3 rings (SSSR count). The molecule has 1 aromatic carbocycles. The molecular weight excluding hydrogens is 340 g/mol. The zero-order chi connectivity index (χ0) is 17.1. The van der Waals surface area contributed by atoms with Gasteiger partial charge in [-0.2, -0.15) is 0 Å². The van der Waals surface area contributed by atoms with Crippen molar-refractivity contribution >= 4 is 39.7 Å².